The molecule has 3 aromatic carbocycles. The van der Waals surface area contributed by atoms with Gasteiger partial charge in [-0.05, 0) is 84.1 Å². The molecule has 0 saturated carbocycles. The highest BCUT2D eigenvalue weighted by Crippen LogP contribution is 2.47. The van der Waals surface area contributed by atoms with E-state index in [-0.39, 0.29) is 12.3 Å². The van der Waals surface area contributed by atoms with Crippen LogP contribution in [0.3, 0.4) is 0 Å². The lowest BCUT2D eigenvalue weighted by Crippen LogP contribution is -2.33. The first-order valence-corrected chi connectivity index (χ1v) is 11.0. The molecule has 0 spiro atoms. The number of carbonyl (C=O) groups excluding carboxylic acids is 1. The molecule has 0 bridgehead atoms. The Kier molecular flexibility index (Phi) is 5.33. The van der Waals surface area contributed by atoms with E-state index in [0.29, 0.717) is 38.9 Å². The van der Waals surface area contributed by atoms with Crippen LogP contribution >= 0.6 is 11.6 Å². The summed E-state index contributed by atoms with van der Waals surface area (Å²) in [6.07, 6.45) is 0.114. The maximum absolute atomic E-state index is 13.9. The number of amides is 1. The Balaban J connectivity index is 1.73. The maximum Gasteiger partial charge on any atom is 0.235 e. The van der Waals surface area contributed by atoms with Gasteiger partial charge in [-0.3, -0.25) is 4.79 Å². The van der Waals surface area contributed by atoms with E-state index in [4.69, 9.17) is 17.3 Å². The Labute approximate surface area is 200 Å². The Hall–Kier alpha value is -3.77. The lowest BCUT2D eigenvalue weighted by Gasteiger charge is -2.23. The molecule has 0 saturated heterocycles. The molecule has 2 heterocycles. The molecule has 4 aromatic rings. The molecule has 1 aliphatic rings. The molecule has 0 radical (unpaired) electrons. The van der Waals surface area contributed by atoms with E-state index in [2.05, 4.69) is 10.3 Å². The van der Waals surface area contributed by atoms with E-state index < -0.39 is 17.0 Å². The number of hydrogen-bond donors (Lipinski definition) is 2. The molecule has 1 amide bonds. The molecule has 5 rings (SSSR count). The third kappa shape index (κ3) is 3.90. The third-order valence-electron chi connectivity index (χ3n) is 6.16. The normalized spacial score (nSPS) is 16.9. The molecule has 0 aliphatic carbocycles. The minimum Gasteiger partial charge on any atom is -0.384 e. The first kappa shape index (κ1) is 22.0. The molecule has 34 heavy (non-hydrogen) atoms. The third-order valence-corrected chi connectivity index (χ3v) is 6.39. The molecular weight excluding hydrogens is 456 g/mol. The van der Waals surface area contributed by atoms with Gasteiger partial charge in [0.05, 0.1) is 16.8 Å². The highest BCUT2D eigenvalue weighted by atomic mass is 35.5. The van der Waals surface area contributed by atoms with Gasteiger partial charge in [-0.2, -0.15) is 0 Å². The fourth-order valence-corrected chi connectivity index (χ4v) is 4.71. The van der Waals surface area contributed by atoms with Crippen molar-refractivity contribution in [3.63, 3.8) is 0 Å². The SMILES string of the molecule is CC1(Cc2cc(F)cc(F)c2)C(=O)Nc2c(-c3cccc(N)n3)cc(-c3cccc(Cl)c3)cc21. The van der Waals surface area contributed by atoms with Gasteiger partial charge in [0, 0.05) is 16.7 Å². The number of aromatic nitrogens is 1. The summed E-state index contributed by atoms with van der Waals surface area (Å²) in [5, 5.41) is 3.56. The molecule has 170 valence electrons. The van der Waals surface area contributed by atoms with Crippen molar-refractivity contribution in [1.29, 1.82) is 0 Å². The van der Waals surface area contributed by atoms with E-state index in [9.17, 15) is 13.6 Å². The number of nitrogens with one attached hydrogen (secondary N) is 1. The van der Waals surface area contributed by atoms with Crippen molar-refractivity contribution in [3.8, 4) is 22.4 Å². The van der Waals surface area contributed by atoms with Gasteiger partial charge in [0.25, 0.3) is 0 Å². The Morgan fingerprint density at radius 2 is 1.71 bits per heavy atom. The Morgan fingerprint density at radius 3 is 2.41 bits per heavy atom. The van der Waals surface area contributed by atoms with Crippen molar-refractivity contribution in [1.82, 2.24) is 4.98 Å². The number of hydrogen-bond acceptors (Lipinski definition) is 3. The van der Waals surface area contributed by atoms with Crippen molar-refractivity contribution < 1.29 is 13.6 Å². The number of halogens is 3. The zero-order chi connectivity index (χ0) is 24.0. The van der Waals surface area contributed by atoms with Crippen LogP contribution in [0.2, 0.25) is 5.02 Å². The summed E-state index contributed by atoms with van der Waals surface area (Å²) in [5.41, 5.74) is 9.55. The molecule has 4 nitrogen and oxygen atoms in total. The minimum absolute atomic E-state index is 0.114. The number of nitrogens with two attached hydrogens (primary N) is 1. The van der Waals surface area contributed by atoms with Gasteiger partial charge in [-0.25, -0.2) is 13.8 Å². The summed E-state index contributed by atoms with van der Waals surface area (Å²) in [7, 11) is 0. The molecule has 0 fully saturated rings. The largest absolute Gasteiger partial charge is 0.384 e. The predicted molar refractivity (Wildman–Crippen MR) is 131 cm³/mol. The fourth-order valence-electron chi connectivity index (χ4n) is 4.52. The molecule has 1 aliphatic heterocycles. The van der Waals surface area contributed by atoms with Crippen LogP contribution in [0.15, 0.2) is 72.8 Å². The van der Waals surface area contributed by atoms with Crippen molar-refractivity contribution in [2.45, 2.75) is 18.8 Å². The second-order valence-electron chi connectivity index (χ2n) is 8.65. The van der Waals surface area contributed by atoms with Gasteiger partial charge in [0.1, 0.15) is 17.5 Å². The minimum atomic E-state index is -1.07. The lowest BCUT2D eigenvalue weighted by atomic mass is 9.77. The zero-order valence-corrected chi connectivity index (χ0v) is 19.0. The van der Waals surface area contributed by atoms with Gasteiger partial charge in [0.2, 0.25) is 5.91 Å². The van der Waals surface area contributed by atoms with Gasteiger partial charge < -0.3 is 11.1 Å². The van der Waals surface area contributed by atoms with Crippen molar-refractivity contribution in [2.24, 2.45) is 0 Å². The second-order valence-corrected chi connectivity index (χ2v) is 9.08. The van der Waals surface area contributed by atoms with Crippen molar-refractivity contribution in [2.75, 3.05) is 11.1 Å². The van der Waals surface area contributed by atoms with E-state index in [0.717, 1.165) is 17.2 Å². The van der Waals surface area contributed by atoms with E-state index >= 15 is 0 Å². The van der Waals surface area contributed by atoms with Crippen LogP contribution in [0.4, 0.5) is 20.3 Å². The highest BCUT2D eigenvalue weighted by Gasteiger charge is 2.44. The smallest absolute Gasteiger partial charge is 0.235 e. The average Bonchev–Trinajstić information content (AvgIpc) is 3.02. The summed E-state index contributed by atoms with van der Waals surface area (Å²) in [6, 6.07) is 19.9. The van der Waals surface area contributed by atoms with E-state index in [1.807, 2.05) is 36.4 Å². The number of carbonyl (C=O) groups is 1. The zero-order valence-electron chi connectivity index (χ0n) is 18.2. The molecular formula is C27H20ClF2N3O. The molecule has 1 aromatic heterocycles. The first-order valence-electron chi connectivity index (χ1n) is 10.7. The fraction of sp³-hybridized carbons (Fsp3) is 0.111. The van der Waals surface area contributed by atoms with Crippen LogP contribution in [-0.4, -0.2) is 10.9 Å². The summed E-state index contributed by atoms with van der Waals surface area (Å²) >= 11 is 6.24. The topological polar surface area (TPSA) is 68.0 Å². The number of nitrogen functional groups attached to an aromatic ring is 1. The van der Waals surface area contributed by atoms with Crippen LogP contribution in [0.5, 0.6) is 0 Å². The van der Waals surface area contributed by atoms with Gasteiger partial charge >= 0.3 is 0 Å². The van der Waals surface area contributed by atoms with Gasteiger partial charge in [-0.15, -0.1) is 0 Å². The second kappa shape index (κ2) is 8.22. The summed E-state index contributed by atoms with van der Waals surface area (Å²) in [4.78, 5) is 17.8. The number of pyridine rings is 1. The number of benzene rings is 3. The highest BCUT2D eigenvalue weighted by molar-refractivity contribution is 6.30. The number of anilines is 2. The van der Waals surface area contributed by atoms with Gasteiger partial charge in [0.15, 0.2) is 0 Å². The van der Waals surface area contributed by atoms with E-state index in [1.165, 1.54) is 12.1 Å². The van der Waals surface area contributed by atoms with Crippen LogP contribution < -0.4 is 11.1 Å². The number of rotatable bonds is 4. The Bertz CT molecular complexity index is 1440. The molecule has 7 heteroatoms. The van der Waals surface area contributed by atoms with Gasteiger partial charge in [-0.1, -0.05) is 29.8 Å². The van der Waals surface area contributed by atoms with Crippen molar-refractivity contribution >= 4 is 29.0 Å². The standard InChI is InChI=1S/C27H20ClF2N3O/c1-27(14-15-8-19(29)13-20(30)9-15)22-12-17(16-4-2-5-18(28)10-16)11-21(25(22)33-26(27)34)23-6-3-7-24(31)32-23/h2-13H,14H2,1H3,(H2,31,32)(H,33,34). The van der Waals surface area contributed by atoms with Crippen LogP contribution in [0, 0.1) is 11.6 Å². The van der Waals surface area contributed by atoms with Crippen LogP contribution in [0.25, 0.3) is 22.4 Å². The van der Waals surface area contributed by atoms with Crippen molar-refractivity contribution in [3.05, 3.63) is 101 Å². The quantitative estimate of drug-likeness (QED) is 0.360. The van der Waals surface area contributed by atoms with E-state index in [1.54, 1.807) is 25.1 Å². The first-order chi connectivity index (χ1) is 16.2. The maximum atomic E-state index is 13.9. The summed E-state index contributed by atoms with van der Waals surface area (Å²) in [5.74, 6) is -1.29. The van der Waals surface area contributed by atoms with Crippen LogP contribution in [0.1, 0.15) is 18.1 Å². The summed E-state index contributed by atoms with van der Waals surface area (Å²) in [6.45, 7) is 1.77. The Morgan fingerprint density at radius 1 is 0.971 bits per heavy atom. The average molecular weight is 476 g/mol. The van der Waals surface area contributed by atoms with Crippen LogP contribution in [-0.2, 0) is 16.6 Å². The molecule has 1 unspecified atom stereocenters. The lowest BCUT2D eigenvalue weighted by molar-refractivity contribution is -0.120. The predicted octanol–water partition coefficient (Wildman–Crippen LogP) is 6.38. The number of nitrogens with zero attached hydrogens (tertiary/aromatic N) is 1. The number of fused-ring (bicyclic) bond motifs is 1. The molecule has 1 atom stereocenters. The monoisotopic (exact) mass is 475 g/mol. The summed E-state index contributed by atoms with van der Waals surface area (Å²) < 4.78 is 27.8. The molecule has 3 N–H and O–H groups in total.